The summed E-state index contributed by atoms with van der Waals surface area (Å²) in [5.41, 5.74) is 0. The smallest absolute Gasteiger partial charge is 0.115 e. The third-order valence-electron chi connectivity index (χ3n) is 0.756. The van der Waals surface area contributed by atoms with Crippen LogP contribution in [0.15, 0.2) is 30.3 Å². The number of phenolic OH excluding ortho intramolecular Hbond substituents is 1. The fourth-order valence-corrected chi connectivity index (χ4v) is 0.428. The Morgan fingerprint density at radius 2 is 1.00 bits per heavy atom. The second kappa shape index (κ2) is 51.5. The molecule has 0 aromatic heterocycles. The van der Waals surface area contributed by atoms with Crippen LogP contribution in [-0.2, 0) is 0 Å². The molecular formula is C14H30I2O3. The van der Waals surface area contributed by atoms with Crippen LogP contribution < -0.4 is 0 Å². The topological polar surface area (TPSA) is 60.7 Å². The lowest BCUT2D eigenvalue weighted by atomic mass is 10.3. The number of aliphatic hydroxyl groups is 2. The van der Waals surface area contributed by atoms with Gasteiger partial charge in [-0.05, 0) is 26.0 Å². The number of aliphatic hydroxyl groups excluding tert-OH is 2. The fraction of sp³-hybridized carbons (Fsp3) is 0.571. The Bertz CT molecular complexity index is 172. The summed E-state index contributed by atoms with van der Waals surface area (Å²) in [4.78, 5) is 0. The van der Waals surface area contributed by atoms with Gasteiger partial charge in [-0.3, -0.25) is 0 Å². The van der Waals surface area contributed by atoms with Crippen molar-refractivity contribution in [2.75, 3.05) is 13.2 Å². The van der Waals surface area contributed by atoms with Gasteiger partial charge in [-0.25, -0.2) is 0 Å². The van der Waals surface area contributed by atoms with E-state index in [9.17, 15) is 0 Å². The molecule has 19 heavy (non-hydrogen) atoms. The third kappa shape index (κ3) is 70.1. The molecule has 0 atom stereocenters. The van der Waals surface area contributed by atoms with E-state index in [1.807, 2.05) is 33.8 Å². The van der Waals surface area contributed by atoms with E-state index in [1.54, 1.807) is 38.1 Å². The highest BCUT2D eigenvalue weighted by Gasteiger charge is 1.74. The molecule has 0 radical (unpaired) electrons. The fourth-order valence-electron chi connectivity index (χ4n) is 0.428. The van der Waals surface area contributed by atoms with Crippen molar-refractivity contribution < 1.29 is 15.3 Å². The van der Waals surface area contributed by atoms with Crippen molar-refractivity contribution in [2.45, 2.75) is 41.5 Å². The molecule has 0 aliphatic heterocycles. The number of halogens is 2. The van der Waals surface area contributed by atoms with E-state index in [2.05, 4.69) is 37.2 Å². The number of aromatic hydroxyl groups is 1. The maximum absolute atomic E-state index is 8.63. The van der Waals surface area contributed by atoms with E-state index in [0.717, 1.165) is 0 Å². The van der Waals surface area contributed by atoms with E-state index >= 15 is 0 Å². The van der Waals surface area contributed by atoms with Crippen LogP contribution in [0.2, 0.25) is 0 Å². The monoisotopic (exact) mass is 500 g/mol. The maximum atomic E-state index is 8.63. The highest BCUT2D eigenvalue weighted by molar-refractivity contribution is 15.0. The molecule has 0 saturated carbocycles. The van der Waals surface area contributed by atoms with Crippen LogP contribution >= 0.6 is 37.2 Å². The van der Waals surface area contributed by atoms with E-state index in [4.69, 9.17) is 15.3 Å². The quantitative estimate of drug-likeness (QED) is 0.429. The average Bonchev–Trinajstić information content (AvgIpc) is 2.48. The number of rotatable bonds is 0. The summed E-state index contributed by atoms with van der Waals surface area (Å²) < 4.78 is 0. The number of benzene rings is 1. The van der Waals surface area contributed by atoms with Crippen LogP contribution in [0.3, 0.4) is 0 Å². The molecule has 0 spiro atoms. The van der Waals surface area contributed by atoms with Crippen molar-refractivity contribution in [3.8, 4) is 5.75 Å². The van der Waals surface area contributed by atoms with Gasteiger partial charge in [0.1, 0.15) is 5.75 Å². The minimum absolute atomic E-state index is 0.250. The van der Waals surface area contributed by atoms with Gasteiger partial charge in [0.15, 0.2) is 0 Å². The summed E-state index contributed by atoms with van der Waals surface area (Å²) in [6, 6.07) is 8.71. The minimum atomic E-state index is 0.250. The van der Waals surface area contributed by atoms with Crippen molar-refractivity contribution in [1.82, 2.24) is 0 Å². The molecule has 3 nitrogen and oxygen atoms in total. The Morgan fingerprint density at radius 1 is 0.789 bits per heavy atom. The van der Waals surface area contributed by atoms with Crippen molar-refractivity contribution in [3.05, 3.63) is 30.3 Å². The minimum Gasteiger partial charge on any atom is -0.508 e. The number of hydrogen-bond acceptors (Lipinski definition) is 3. The molecule has 118 valence electrons. The average molecular weight is 500 g/mol. The first-order valence-corrected chi connectivity index (χ1v) is 12.6. The molecule has 3 N–H and O–H groups in total. The molecule has 0 aliphatic rings. The summed E-state index contributed by atoms with van der Waals surface area (Å²) in [5, 5.41) is 23.8. The highest BCUT2D eigenvalue weighted by Crippen LogP contribution is 2.02. The number of hydrogen-bond donors (Lipinski definition) is 3. The van der Waals surface area contributed by atoms with Gasteiger partial charge in [-0.15, -0.1) is 0 Å². The van der Waals surface area contributed by atoms with Crippen molar-refractivity contribution in [2.24, 2.45) is 0 Å². The summed E-state index contributed by atoms with van der Waals surface area (Å²) in [6.07, 6.45) is 0. The Labute approximate surface area is 142 Å². The molecule has 5 heteroatoms. The van der Waals surface area contributed by atoms with Crippen LogP contribution in [0.1, 0.15) is 41.5 Å². The van der Waals surface area contributed by atoms with E-state index in [1.165, 1.54) is 0 Å². The van der Waals surface area contributed by atoms with Gasteiger partial charge in [0.2, 0.25) is 0 Å². The number of phenols is 1. The molecule has 0 fully saturated rings. The van der Waals surface area contributed by atoms with E-state index < -0.39 is 0 Å². The Kier molecular flexibility index (Phi) is 85.9. The molecule has 1 rings (SSSR count). The molecule has 0 unspecified atom stereocenters. The molecule has 1 aromatic carbocycles. The van der Waals surface area contributed by atoms with Gasteiger partial charge in [-0.1, -0.05) is 45.9 Å². The van der Waals surface area contributed by atoms with Crippen LogP contribution in [0.5, 0.6) is 5.75 Å². The van der Waals surface area contributed by atoms with Gasteiger partial charge >= 0.3 is 0 Å². The first kappa shape index (κ1) is 31.7. The Balaban J connectivity index is -0.0000000471. The molecule has 0 amide bonds. The van der Waals surface area contributed by atoms with Crippen LogP contribution in [-0.4, -0.2) is 28.5 Å². The van der Waals surface area contributed by atoms with Gasteiger partial charge in [-0.2, -0.15) is 0 Å². The van der Waals surface area contributed by atoms with Gasteiger partial charge in [0.25, 0.3) is 0 Å². The van der Waals surface area contributed by atoms with Gasteiger partial charge < -0.3 is 15.3 Å². The summed E-state index contributed by atoms with van der Waals surface area (Å²) in [6.45, 7) is 11.9. The molecule has 0 saturated heterocycles. The van der Waals surface area contributed by atoms with Crippen molar-refractivity contribution in [1.29, 1.82) is 0 Å². The van der Waals surface area contributed by atoms with Crippen LogP contribution in [0, 0.1) is 0 Å². The first-order valence-electron chi connectivity index (χ1n) is 6.32. The van der Waals surface area contributed by atoms with Crippen molar-refractivity contribution >= 4 is 37.2 Å². The zero-order chi connectivity index (χ0) is 16.5. The zero-order valence-electron chi connectivity index (χ0n) is 12.9. The van der Waals surface area contributed by atoms with Gasteiger partial charge in [0.05, 0.1) is 0 Å². The highest BCUT2D eigenvalue weighted by atomic mass is 128. The lowest BCUT2D eigenvalue weighted by Gasteiger charge is -1.82. The van der Waals surface area contributed by atoms with Crippen LogP contribution in [0.25, 0.3) is 0 Å². The first-order chi connectivity index (χ1) is 9.22. The Morgan fingerprint density at radius 3 is 1.11 bits per heavy atom. The van der Waals surface area contributed by atoms with Gasteiger partial charge in [0, 0.05) is 50.4 Å². The summed E-state index contributed by atoms with van der Waals surface area (Å²) >= 11 is 4.24. The second-order valence-electron chi connectivity index (χ2n) is 1.97. The molecule has 0 heterocycles. The Hall–Kier alpha value is 0.400. The maximum Gasteiger partial charge on any atom is 0.115 e. The second-order valence-corrected chi connectivity index (χ2v) is 1.97. The molecular weight excluding hydrogens is 470 g/mol. The van der Waals surface area contributed by atoms with E-state index in [-0.39, 0.29) is 13.2 Å². The summed E-state index contributed by atoms with van der Waals surface area (Å²) in [7, 11) is 0. The number of para-hydroxylation sites is 1. The summed E-state index contributed by atoms with van der Waals surface area (Å²) in [5.74, 6) is 0.322. The standard InChI is InChI=1S/C6H6O.2C2H6O.2C2H6.I2/c7-6-4-2-1-3-5-6;2*1-2-3;3*1-2/h1-5,7H;2*3H,2H2,1H3;2*1-2H3;. The SMILES string of the molecule is CC.CC.CCO.CCO.II.Oc1ccccc1. The van der Waals surface area contributed by atoms with E-state index in [0.29, 0.717) is 5.75 Å². The largest absolute Gasteiger partial charge is 0.508 e. The third-order valence-corrected chi connectivity index (χ3v) is 0.756. The molecule has 0 bridgehead atoms. The lowest BCUT2D eigenvalue weighted by molar-refractivity contribution is 0.318. The molecule has 1 aromatic rings. The van der Waals surface area contributed by atoms with Crippen LogP contribution in [0.4, 0.5) is 0 Å². The predicted molar refractivity (Wildman–Crippen MR) is 104 cm³/mol. The zero-order valence-corrected chi connectivity index (χ0v) is 17.2. The molecule has 0 aliphatic carbocycles. The predicted octanol–water partition coefficient (Wildman–Crippen LogP) is 5.21. The van der Waals surface area contributed by atoms with Crippen molar-refractivity contribution in [3.63, 3.8) is 0 Å². The normalized spacial score (nSPS) is 6.00. The lowest BCUT2D eigenvalue weighted by Crippen LogP contribution is -1.57.